The van der Waals surface area contributed by atoms with Crippen LogP contribution in [0.25, 0.3) is 31.3 Å². The van der Waals surface area contributed by atoms with Gasteiger partial charge < -0.3 is 61.6 Å². The molecule has 5 fully saturated rings. The molecule has 8 rings (SSSR count). The van der Waals surface area contributed by atoms with Gasteiger partial charge in [0, 0.05) is 33.7 Å². The molecule has 10 unspecified atom stereocenters. The molecule has 26 heteroatoms. The second kappa shape index (κ2) is 31.2. The predicted octanol–water partition coefficient (Wildman–Crippen LogP) is 10.3. The Hall–Kier alpha value is -6.57. The predicted molar refractivity (Wildman–Crippen MR) is 313 cm³/mol. The van der Waals surface area contributed by atoms with Crippen LogP contribution in [0, 0.1) is 35.5 Å². The first-order chi connectivity index (χ1) is 42.4. The molecule has 0 aromatic heterocycles. The monoisotopic (exact) mass is 1220 g/mol. The highest BCUT2D eigenvalue weighted by atomic mass is 16.8. The van der Waals surface area contributed by atoms with Crippen LogP contribution in [0.1, 0.15) is 108 Å². The van der Waals surface area contributed by atoms with Crippen molar-refractivity contribution in [1.29, 1.82) is 0 Å². The Labute approximate surface area is 511 Å². The maximum absolute atomic E-state index is 14.2. The van der Waals surface area contributed by atoms with E-state index in [9.17, 15) is 35.8 Å². The summed E-state index contributed by atoms with van der Waals surface area (Å²) >= 11 is 0. The van der Waals surface area contributed by atoms with Gasteiger partial charge in [-0.05, 0) is 96.8 Å². The Bertz CT molecular complexity index is 2960. The average molecular weight is 1220 g/mol. The van der Waals surface area contributed by atoms with Gasteiger partial charge in [-0.3, -0.25) is 9.59 Å². The zero-order chi connectivity index (χ0) is 63.3. The number of hydrogen-bond acceptors (Lipinski definition) is 20. The Balaban J connectivity index is 1.08. The fourth-order valence-electron chi connectivity index (χ4n) is 12.6. The molecule has 5 heterocycles. The summed E-state index contributed by atoms with van der Waals surface area (Å²) in [5.41, 5.74) is 30.9. The van der Waals surface area contributed by atoms with Gasteiger partial charge in [0.15, 0.2) is 49.1 Å². The third kappa shape index (κ3) is 15.3. The number of carbonyl (C=O) groups is 4. The molecular weight excluding hydrogens is 1140 g/mol. The van der Waals surface area contributed by atoms with Crippen LogP contribution in [0.2, 0.25) is 0 Å². The van der Waals surface area contributed by atoms with Gasteiger partial charge in [0.2, 0.25) is 0 Å². The molecule has 0 amide bonds. The fraction of sp³-hybridized carbons (Fsp3) is 0.645. The van der Waals surface area contributed by atoms with E-state index in [4.69, 9.17) is 61.6 Å². The van der Waals surface area contributed by atoms with Crippen LogP contribution >= 0.6 is 0 Å². The van der Waals surface area contributed by atoms with E-state index in [0.717, 1.165) is 5.56 Å². The number of carbonyl (C=O) groups excluding carboxylic acids is 4. The van der Waals surface area contributed by atoms with Crippen molar-refractivity contribution >= 4 is 23.5 Å². The normalized spacial score (nSPS) is 37.3. The summed E-state index contributed by atoms with van der Waals surface area (Å²) in [6.07, 6.45) is -16.7. The third-order valence-corrected chi connectivity index (χ3v) is 17.8. The molecule has 5 aliphatic rings. The number of methoxy groups -OCH3 is 1. The number of benzene rings is 3. The van der Waals surface area contributed by atoms with Gasteiger partial charge in [-0.25, -0.2) is 9.59 Å². The molecule has 0 radical (unpaired) electrons. The molecular formula is C62H81N9O17. The average Bonchev–Trinajstić information content (AvgIpc) is 0.923. The van der Waals surface area contributed by atoms with Crippen LogP contribution in [0.15, 0.2) is 106 Å². The van der Waals surface area contributed by atoms with Gasteiger partial charge in [0.25, 0.3) is 0 Å². The lowest BCUT2D eigenvalue weighted by Crippen LogP contribution is -2.64. The Kier molecular flexibility index (Phi) is 23.9. The molecule has 26 nitrogen and oxygen atoms in total. The van der Waals surface area contributed by atoms with Crippen molar-refractivity contribution in [3.63, 3.8) is 0 Å². The van der Waals surface area contributed by atoms with E-state index in [1.807, 2.05) is 65.0 Å². The van der Waals surface area contributed by atoms with Gasteiger partial charge in [0.1, 0.15) is 37.1 Å². The molecule has 5 saturated heterocycles. The van der Waals surface area contributed by atoms with Gasteiger partial charge in [-0.15, -0.1) is 0 Å². The SMILES string of the molecule is CCC1O[C@H](O[C@@H]2C(C(C)=O)O[C@@H](O[C@@H]3C(CC)O[C@H](O[C@@H]4C(C(C)=O)O[C@@H](O[C@@H]5C(COC(=O)c6ccccc6)O[C@H](OC)C(N=[N+]=[N-])[C@H]5C)C(OC(=O)c5ccccc5)[C@H]4C)C(N=[N+]=[N-])[C@H]3C)C(OCc3ccccc3)[C@H]2C)C(N=[N+]=[N-])[C@@H](C)[C@@H]1C. The minimum absolute atomic E-state index is 0.0389. The van der Waals surface area contributed by atoms with Crippen molar-refractivity contribution in [1.82, 2.24) is 0 Å². The van der Waals surface area contributed by atoms with Crippen molar-refractivity contribution in [2.24, 2.45) is 50.9 Å². The van der Waals surface area contributed by atoms with Crippen LogP contribution in [0.4, 0.5) is 0 Å². The molecule has 25 atom stereocenters. The van der Waals surface area contributed by atoms with E-state index in [-0.39, 0.29) is 48.1 Å². The van der Waals surface area contributed by atoms with Crippen molar-refractivity contribution in [2.45, 2.75) is 205 Å². The molecule has 88 heavy (non-hydrogen) atoms. The Morgan fingerprint density at radius 3 is 1.38 bits per heavy atom. The largest absolute Gasteiger partial charge is 0.459 e. The maximum atomic E-state index is 14.2. The highest BCUT2D eigenvalue weighted by molar-refractivity contribution is 5.90. The first-order valence-electron chi connectivity index (χ1n) is 30.1. The van der Waals surface area contributed by atoms with E-state index in [2.05, 4.69) is 30.1 Å². The summed E-state index contributed by atoms with van der Waals surface area (Å²) in [5.74, 6) is -5.46. The van der Waals surface area contributed by atoms with Crippen LogP contribution in [-0.4, -0.2) is 154 Å². The molecule has 3 aromatic rings. The minimum Gasteiger partial charge on any atom is -0.459 e. The molecule has 0 N–H and O–H groups in total. The van der Waals surface area contributed by atoms with Crippen molar-refractivity contribution in [3.05, 3.63) is 139 Å². The van der Waals surface area contributed by atoms with Gasteiger partial charge in [0.05, 0.1) is 66.4 Å². The Morgan fingerprint density at radius 1 is 0.466 bits per heavy atom. The number of hydrogen-bond donors (Lipinski definition) is 0. The summed E-state index contributed by atoms with van der Waals surface area (Å²) in [7, 11) is 1.37. The molecule has 0 spiro atoms. The maximum Gasteiger partial charge on any atom is 0.338 e. The number of azide groups is 3. The lowest BCUT2D eigenvalue weighted by atomic mass is 9.81. The van der Waals surface area contributed by atoms with Gasteiger partial charge in [-0.2, -0.15) is 0 Å². The standard InChI is InChI=1S/C62H81N9O17/c1-12-42-31(3)32(4)45(66-69-63)59(79-42)85-50-35(7)52(77-29-39-23-17-14-18-24-39)61(87-54(50)37(9)72)83-48-34(6)47(68-71-65)60(80-43(48)13-2)86-51-36(8)53(82-57(75)41-27-21-16-22-28-41)62(88-55(51)38(10)73)84-49-33(5)46(67-70-64)58(76-11)81-44(49)30-78-56(74)40-25-19-15-20-26-40/h14-28,31-36,42-55,58-62H,12-13,29-30H2,1-11H3/t31-,32-,33+,34+,35-,36-,42?,43?,44?,45?,46?,47?,48-,49-,50-,51-,52?,53?,54?,55?,58-,59+,60+,61+,62+/m0/s1. The zero-order valence-corrected chi connectivity index (χ0v) is 51.4. The van der Waals surface area contributed by atoms with Gasteiger partial charge >= 0.3 is 11.9 Å². The summed E-state index contributed by atoms with van der Waals surface area (Å²) in [5, 5.41) is 12.3. The smallest absolute Gasteiger partial charge is 0.338 e. The summed E-state index contributed by atoms with van der Waals surface area (Å²) in [4.78, 5) is 64.8. The topological polar surface area (TPSA) is 335 Å². The minimum atomic E-state index is -1.55. The van der Waals surface area contributed by atoms with Crippen molar-refractivity contribution < 1.29 is 80.8 Å². The zero-order valence-electron chi connectivity index (χ0n) is 51.4. The number of ketones is 2. The molecule has 3 aromatic carbocycles. The molecule has 0 aliphatic carbocycles. The molecule has 5 aliphatic heterocycles. The summed E-state index contributed by atoms with van der Waals surface area (Å²) in [6.45, 7) is 17.4. The summed E-state index contributed by atoms with van der Waals surface area (Å²) < 4.78 is 84.8. The highest BCUT2D eigenvalue weighted by Crippen LogP contribution is 2.44. The fourth-order valence-corrected chi connectivity index (χ4v) is 12.6. The first kappa shape index (κ1) is 67.4. The van der Waals surface area contributed by atoms with Crippen LogP contribution in [0.5, 0.6) is 0 Å². The van der Waals surface area contributed by atoms with E-state index in [0.29, 0.717) is 12.8 Å². The second-order valence-corrected chi connectivity index (χ2v) is 23.4. The van der Waals surface area contributed by atoms with Crippen LogP contribution in [0.3, 0.4) is 0 Å². The third-order valence-electron chi connectivity index (χ3n) is 17.8. The lowest BCUT2D eigenvalue weighted by molar-refractivity contribution is -0.362. The van der Waals surface area contributed by atoms with Crippen LogP contribution in [-0.2, 0) is 77.8 Å². The quantitative estimate of drug-likeness (QED) is 0.0348. The first-order valence-corrected chi connectivity index (χ1v) is 30.1. The molecule has 0 saturated carbocycles. The van der Waals surface area contributed by atoms with Gasteiger partial charge in [-0.1, -0.05) is 137 Å². The summed E-state index contributed by atoms with van der Waals surface area (Å²) in [6, 6.07) is 23.1. The number of rotatable bonds is 24. The van der Waals surface area contributed by atoms with Crippen molar-refractivity contribution in [2.75, 3.05) is 13.7 Å². The lowest BCUT2D eigenvalue weighted by Gasteiger charge is -2.51. The van der Waals surface area contributed by atoms with E-state index < -0.39 is 152 Å². The van der Waals surface area contributed by atoms with Crippen LogP contribution < -0.4 is 0 Å². The van der Waals surface area contributed by atoms with E-state index in [1.54, 1.807) is 81.4 Å². The number of ether oxygens (including phenoxy) is 13. The number of nitrogens with zero attached hydrogens (tertiary/aromatic N) is 9. The number of Topliss-reactive ketones (excluding diaryl/α,β-unsaturated/α-hetero) is 2. The molecule has 0 bridgehead atoms. The molecule has 476 valence electrons. The highest BCUT2D eigenvalue weighted by Gasteiger charge is 2.57. The number of esters is 2. The van der Waals surface area contributed by atoms with E-state index in [1.165, 1.54) is 21.0 Å². The second-order valence-electron chi connectivity index (χ2n) is 23.4. The Morgan fingerprint density at radius 2 is 0.886 bits per heavy atom. The van der Waals surface area contributed by atoms with E-state index >= 15 is 0 Å². The van der Waals surface area contributed by atoms with Crippen molar-refractivity contribution in [3.8, 4) is 0 Å².